The molecular formula is C20H20F2N2O2. The molecule has 4 nitrogen and oxygen atoms in total. The fourth-order valence-electron chi connectivity index (χ4n) is 3.01. The van der Waals surface area contributed by atoms with E-state index in [-0.39, 0.29) is 18.2 Å². The standard InChI is InChI=1S/C20H20F2N2O2/c21-17-8-6-14(12-18(17)22)7-9-19(25)23-16-5-3-4-15(13-16)20(26)24-10-1-2-11-24/h3-6,8,12-13H,1-2,7,9-11H2,(H,23,25). The third kappa shape index (κ3) is 4.45. The third-order valence-electron chi connectivity index (χ3n) is 4.41. The van der Waals surface area contributed by atoms with Crippen molar-refractivity contribution in [1.29, 1.82) is 0 Å². The summed E-state index contributed by atoms with van der Waals surface area (Å²) in [6.45, 7) is 1.54. The number of hydrogen-bond donors (Lipinski definition) is 1. The highest BCUT2D eigenvalue weighted by Crippen LogP contribution is 2.17. The Kier molecular flexibility index (Phi) is 5.61. The van der Waals surface area contributed by atoms with Crippen LogP contribution in [0, 0.1) is 11.6 Å². The largest absolute Gasteiger partial charge is 0.339 e. The molecule has 0 aromatic heterocycles. The zero-order valence-corrected chi connectivity index (χ0v) is 14.3. The molecule has 0 saturated carbocycles. The molecule has 3 rings (SSSR count). The number of amides is 2. The maximum absolute atomic E-state index is 13.2. The Hall–Kier alpha value is -2.76. The third-order valence-corrected chi connectivity index (χ3v) is 4.41. The normalized spacial score (nSPS) is 13.7. The number of carbonyl (C=O) groups excluding carboxylic acids is 2. The van der Waals surface area contributed by atoms with E-state index >= 15 is 0 Å². The van der Waals surface area contributed by atoms with Crippen LogP contribution in [0.3, 0.4) is 0 Å². The van der Waals surface area contributed by atoms with Gasteiger partial charge in [0.25, 0.3) is 5.91 Å². The molecule has 0 unspecified atom stereocenters. The highest BCUT2D eigenvalue weighted by molar-refractivity contribution is 5.97. The van der Waals surface area contributed by atoms with Gasteiger partial charge in [0.1, 0.15) is 0 Å². The number of likely N-dealkylation sites (tertiary alicyclic amines) is 1. The molecule has 1 heterocycles. The van der Waals surface area contributed by atoms with Gasteiger partial charge in [-0.15, -0.1) is 0 Å². The van der Waals surface area contributed by atoms with E-state index in [9.17, 15) is 18.4 Å². The predicted octanol–water partition coefficient (Wildman–Crippen LogP) is 3.77. The quantitative estimate of drug-likeness (QED) is 0.884. The lowest BCUT2D eigenvalue weighted by Crippen LogP contribution is -2.27. The van der Waals surface area contributed by atoms with Gasteiger partial charge in [0.2, 0.25) is 5.91 Å². The average Bonchev–Trinajstić information content (AvgIpc) is 3.17. The summed E-state index contributed by atoms with van der Waals surface area (Å²) in [6.07, 6.45) is 2.48. The van der Waals surface area contributed by atoms with E-state index in [0.717, 1.165) is 38.1 Å². The number of anilines is 1. The maximum Gasteiger partial charge on any atom is 0.253 e. The summed E-state index contributed by atoms with van der Waals surface area (Å²) in [4.78, 5) is 26.3. The molecule has 1 saturated heterocycles. The van der Waals surface area contributed by atoms with Crippen LogP contribution >= 0.6 is 0 Å². The van der Waals surface area contributed by atoms with Gasteiger partial charge in [0.15, 0.2) is 11.6 Å². The van der Waals surface area contributed by atoms with Crippen molar-refractivity contribution in [3.05, 3.63) is 65.2 Å². The van der Waals surface area contributed by atoms with Crippen molar-refractivity contribution in [2.75, 3.05) is 18.4 Å². The van der Waals surface area contributed by atoms with E-state index in [1.165, 1.54) is 6.07 Å². The SMILES string of the molecule is O=C(CCc1ccc(F)c(F)c1)Nc1cccc(C(=O)N2CCCC2)c1. The molecule has 2 aromatic rings. The first-order valence-electron chi connectivity index (χ1n) is 8.66. The number of benzene rings is 2. The van der Waals surface area contributed by atoms with Crippen LogP contribution in [-0.4, -0.2) is 29.8 Å². The van der Waals surface area contributed by atoms with Gasteiger partial charge in [0.05, 0.1) is 0 Å². The summed E-state index contributed by atoms with van der Waals surface area (Å²) in [5.74, 6) is -2.10. The summed E-state index contributed by atoms with van der Waals surface area (Å²) >= 11 is 0. The molecular weight excluding hydrogens is 338 g/mol. The Morgan fingerprint density at radius 2 is 1.77 bits per heavy atom. The Bertz CT molecular complexity index is 817. The lowest BCUT2D eigenvalue weighted by atomic mass is 10.1. The van der Waals surface area contributed by atoms with E-state index in [1.807, 2.05) is 4.90 Å². The monoisotopic (exact) mass is 358 g/mol. The summed E-state index contributed by atoms with van der Waals surface area (Å²) in [5, 5.41) is 2.75. The number of nitrogens with zero attached hydrogens (tertiary/aromatic N) is 1. The van der Waals surface area contributed by atoms with Crippen molar-refractivity contribution in [1.82, 2.24) is 4.90 Å². The van der Waals surface area contributed by atoms with E-state index in [4.69, 9.17) is 0 Å². The molecule has 1 fully saturated rings. The Labute approximate surface area is 150 Å². The number of aryl methyl sites for hydroxylation is 1. The van der Waals surface area contributed by atoms with E-state index < -0.39 is 11.6 Å². The van der Waals surface area contributed by atoms with Gasteiger partial charge in [-0.3, -0.25) is 9.59 Å². The molecule has 1 aliphatic heterocycles. The molecule has 0 radical (unpaired) electrons. The van der Waals surface area contributed by atoms with Crippen molar-refractivity contribution in [2.45, 2.75) is 25.7 Å². The molecule has 1 aliphatic rings. The summed E-state index contributed by atoms with van der Waals surface area (Å²) < 4.78 is 26.1. The first-order valence-corrected chi connectivity index (χ1v) is 8.66. The smallest absolute Gasteiger partial charge is 0.253 e. The van der Waals surface area contributed by atoms with Crippen LogP contribution in [0.15, 0.2) is 42.5 Å². The van der Waals surface area contributed by atoms with Crippen molar-refractivity contribution in [2.24, 2.45) is 0 Å². The Balaban J connectivity index is 1.57. The van der Waals surface area contributed by atoms with Gasteiger partial charge in [-0.05, 0) is 55.2 Å². The Morgan fingerprint density at radius 1 is 1.00 bits per heavy atom. The number of hydrogen-bond acceptors (Lipinski definition) is 2. The van der Waals surface area contributed by atoms with Gasteiger partial charge >= 0.3 is 0 Å². The minimum atomic E-state index is -0.920. The summed E-state index contributed by atoms with van der Waals surface area (Å²) in [5.41, 5.74) is 1.65. The topological polar surface area (TPSA) is 49.4 Å². The van der Waals surface area contributed by atoms with Crippen LogP contribution in [0.2, 0.25) is 0 Å². The number of carbonyl (C=O) groups is 2. The second-order valence-corrected chi connectivity index (χ2v) is 6.38. The van der Waals surface area contributed by atoms with Crippen molar-refractivity contribution < 1.29 is 18.4 Å². The second-order valence-electron chi connectivity index (χ2n) is 6.38. The van der Waals surface area contributed by atoms with E-state index in [1.54, 1.807) is 24.3 Å². The Morgan fingerprint density at radius 3 is 2.50 bits per heavy atom. The zero-order chi connectivity index (χ0) is 18.5. The first kappa shape index (κ1) is 18.0. The van der Waals surface area contributed by atoms with Gasteiger partial charge < -0.3 is 10.2 Å². The molecule has 0 spiro atoms. The molecule has 2 aromatic carbocycles. The highest BCUT2D eigenvalue weighted by atomic mass is 19.2. The molecule has 0 bridgehead atoms. The predicted molar refractivity (Wildman–Crippen MR) is 94.9 cm³/mol. The molecule has 136 valence electrons. The number of nitrogens with one attached hydrogen (secondary N) is 1. The van der Waals surface area contributed by atoms with Crippen LogP contribution in [0.4, 0.5) is 14.5 Å². The number of rotatable bonds is 5. The molecule has 0 atom stereocenters. The molecule has 6 heteroatoms. The van der Waals surface area contributed by atoms with Gasteiger partial charge in [-0.1, -0.05) is 12.1 Å². The van der Waals surface area contributed by atoms with Crippen LogP contribution in [0.1, 0.15) is 35.2 Å². The summed E-state index contributed by atoms with van der Waals surface area (Å²) in [6, 6.07) is 10.5. The lowest BCUT2D eigenvalue weighted by molar-refractivity contribution is -0.116. The van der Waals surface area contributed by atoms with Crippen LogP contribution in [-0.2, 0) is 11.2 Å². The number of halogens is 2. The molecule has 0 aliphatic carbocycles. The first-order chi connectivity index (χ1) is 12.5. The summed E-state index contributed by atoms with van der Waals surface area (Å²) in [7, 11) is 0. The van der Waals surface area contributed by atoms with Crippen molar-refractivity contribution in [3.8, 4) is 0 Å². The zero-order valence-electron chi connectivity index (χ0n) is 14.3. The minimum absolute atomic E-state index is 0.0274. The van der Waals surface area contributed by atoms with Gasteiger partial charge in [0, 0.05) is 30.8 Å². The highest BCUT2D eigenvalue weighted by Gasteiger charge is 2.19. The molecule has 1 N–H and O–H groups in total. The van der Waals surface area contributed by atoms with E-state index in [2.05, 4.69) is 5.32 Å². The lowest BCUT2D eigenvalue weighted by Gasteiger charge is -2.15. The second kappa shape index (κ2) is 8.08. The fourth-order valence-corrected chi connectivity index (χ4v) is 3.01. The van der Waals surface area contributed by atoms with E-state index in [0.29, 0.717) is 23.2 Å². The maximum atomic E-state index is 13.2. The van der Waals surface area contributed by atoms with Gasteiger partial charge in [-0.2, -0.15) is 0 Å². The fraction of sp³-hybridized carbons (Fsp3) is 0.300. The van der Waals surface area contributed by atoms with Crippen LogP contribution < -0.4 is 5.32 Å². The molecule has 26 heavy (non-hydrogen) atoms. The molecule has 2 amide bonds. The van der Waals surface area contributed by atoms with Crippen molar-refractivity contribution >= 4 is 17.5 Å². The van der Waals surface area contributed by atoms with Crippen LogP contribution in [0.25, 0.3) is 0 Å². The minimum Gasteiger partial charge on any atom is -0.339 e. The van der Waals surface area contributed by atoms with Crippen molar-refractivity contribution in [3.63, 3.8) is 0 Å². The van der Waals surface area contributed by atoms with Crippen LogP contribution in [0.5, 0.6) is 0 Å². The van der Waals surface area contributed by atoms with Gasteiger partial charge in [-0.25, -0.2) is 8.78 Å². The average molecular weight is 358 g/mol.